The molecule has 0 spiro atoms. The average molecular weight is 369 g/mol. The van der Waals surface area contributed by atoms with Crippen LogP contribution in [-0.4, -0.2) is 36.9 Å². The summed E-state index contributed by atoms with van der Waals surface area (Å²) in [6, 6.07) is 7.07. The molecule has 0 radical (unpaired) electrons. The van der Waals surface area contributed by atoms with Crippen molar-refractivity contribution in [3.05, 3.63) is 53.4 Å². The van der Waals surface area contributed by atoms with Crippen LogP contribution in [0, 0.1) is 13.8 Å². The number of anilines is 1. The van der Waals surface area contributed by atoms with E-state index in [1.807, 2.05) is 0 Å². The zero-order chi connectivity index (χ0) is 19.4. The number of rotatable bonds is 7. The minimum atomic E-state index is -1.03. The van der Waals surface area contributed by atoms with Crippen molar-refractivity contribution in [3.8, 4) is 5.69 Å². The molecule has 2 aromatic heterocycles. The highest BCUT2D eigenvalue weighted by Gasteiger charge is 2.14. The van der Waals surface area contributed by atoms with Gasteiger partial charge in [0, 0.05) is 18.5 Å². The summed E-state index contributed by atoms with van der Waals surface area (Å²) in [4.78, 5) is 27.4. The Morgan fingerprint density at radius 2 is 2.11 bits per heavy atom. The van der Waals surface area contributed by atoms with Gasteiger partial charge in [0.1, 0.15) is 5.56 Å². The molecule has 3 aromatic rings. The van der Waals surface area contributed by atoms with Crippen LogP contribution in [-0.2, 0) is 11.2 Å². The number of benzene rings is 1. The van der Waals surface area contributed by atoms with E-state index in [4.69, 9.17) is 9.63 Å². The summed E-state index contributed by atoms with van der Waals surface area (Å²) in [7, 11) is 0. The number of nitrogens with one attached hydrogen (secondary N) is 1. The molecule has 9 nitrogen and oxygen atoms in total. The molecule has 9 heteroatoms. The van der Waals surface area contributed by atoms with Gasteiger partial charge in [-0.05, 0) is 38.5 Å². The summed E-state index contributed by atoms with van der Waals surface area (Å²) in [5.74, 6) is -0.0663. The van der Waals surface area contributed by atoms with Crippen LogP contribution in [0.1, 0.15) is 40.6 Å². The summed E-state index contributed by atoms with van der Waals surface area (Å²) in [6.45, 7) is 3.42. The molecule has 27 heavy (non-hydrogen) atoms. The van der Waals surface area contributed by atoms with Crippen molar-refractivity contribution in [3.63, 3.8) is 0 Å². The lowest BCUT2D eigenvalue weighted by Gasteiger charge is -2.09. The van der Waals surface area contributed by atoms with Crippen LogP contribution in [0.15, 0.2) is 35.0 Å². The Bertz CT molecular complexity index is 976. The first-order valence-corrected chi connectivity index (χ1v) is 8.41. The van der Waals surface area contributed by atoms with Gasteiger partial charge < -0.3 is 14.9 Å². The molecule has 0 fully saturated rings. The van der Waals surface area contributed by atoms with E-state index in [1.165, 1.54) is 10.9 Å². The number of hydrogen-bond acceptors (Lipinski definition) is 6. The molecule has 0 unspecified atom stereocenters. The summed E-state index contributed by atoms with van der Waals surface area (Å²) < 4.78 is 6.54. The molecule has 2 N–H and O–H groups in total. The second-order valence-corrected chi connectivity index (χ2v) is 6.05. The average Bonchev–Trinajstić information content (AvgIpc) is 3.20. The fourth-order valence-corrected chi connectivity index (χ4v) is 2.66. The predicted octanol–water partition coefficient (Wildman–Crippen LogP) is 2.53. The zero-order valence-corrected chi connectivity index (χ0v) is 15.0. The normalized spacial score (nSPS) is 10.7. The third-order valence-corrected chi connectivity index (χ3v) is 3.98. The van der Waals surface area contributed by atoms with Crippen molar-refractivity contribution < 1.29 is 19.2 Å². The standard InChI is InChI=1S/C18H19N5O4/c1-11-15(18(25)26)10-19-23(11)14-6-3-5-13(9-14)21-16(24)7-4-8-17-20-12(2)22-27-17/h3,5-6,9-10H,4,7-8H2,1-2H3,(H,21,24)(H,25,26). The molecule has 0 aliphatic heterocycles. The third kappa shape index (κ3) is 4.38. The van der Waals surface area contributed by atoms with Crippen LogP contribution in [0.2, 0.25) is 0 Å². The number of amides is 1. The Morgan fingerprint density at radius 3 is 2.78 bits per heavy atom. The van der Waals surface area contributed by atoms with Crippen molar-refractivity contribution in [2.75, 3.05) is 5.32 Å². The number of hydrogen-bond donors (Lipinski definition) is 2. The van der Waals surface area contributed by atoms with Crippen LogP contribution >= 0.6 is 0 Å². The molecule has 0 saturated carbocycles. The van der Waals surface area contributed by atoms with Crippen molar-refractivity contribution >= 4 is 17.6 Å². The van der Waals surface area contributed by atoms with E-state index in [0.29, 0.717) is 48.0 Å². The van der Waals surface area contributed by atoms with Gasteiger partial charge in [-0.3, -0.25) is 4.79 Å². The smallest absolute Gasteiger partial charge is 0.339 e. The number of carbonyl (C=O) groups is 2. The van der Waals surface area contributed by atoms with Gasteiger partial charge in [-0.2, -0.15) is 10.1 Å². The summed E-state index contributed by atoms with van der Waals surface area (Å²) in [6.07, 6.45) is 2.75. The second kappa shape index (κ2) is 7.81. The molecule has 140 valence electrons. The van der Waals surface area contributed by atoms with Crippen LogP contribution < -0.4 is 5.32 Å². The molecule has 0 atom stereocenters. The first kappa shape index (κ1) is 18.3. The van der Waals surface area contributed by atoms with E-state index in [9.17, 15) is 9.59 Å². The number of aromatic carboxylic acids is 1. The fraction of sp³-hybridized carbons (Fsp3) is 0.278. The van der Waals surface area contributed by atoms with Gasteiger partial charge in [0.05, 0.1) is 17.6 Å². The maximum Gasteiger partial charge on any atom is 0.339 e. The molecule has 0 aliphatic rings. The maximum atomic E-state index is 12.1. The second-order valence-electron chi connectivity index (χ2n) is 6.05. The molecular weight excluding hydrogens is 350 g/mol. The van der Waals surface area contributed by atoms with E-state index in [0.717, 1.165) is 0 Å². The third-order valence-electron chi connectivity index (χ3n) is 3.98. The van der Waals surface area contributed by atoms with Crippen LogP contribution in [0.5, 0.6) is 0 Å². The van der Waals surface area contributed by atoms with E-state index in [1.54, 1.807) is 38.1 Å². The van der Waals surface area contributed by atoms with E-state index in [-0.39, 0.29) is 11.5 Å². The van der Waals surface area contributed by atoms with Gasteiger partial charge >= 0.3 is 5.97 Å². The van der Waals surface area contributed by atoms with Gasteiger partial charge in [-0.1, -0.05) is 11.2 Å². The quantitative estimate of drug-likeness (QED) is 0.656. The Balaban J connectivity index is 1.62. The lowest BCUT2D eigenvalue weighted by molar-refractivity contribution is -0.116. The molecule has 1 amide bonds. The first-order chi connectivity index (χ1) is 12.9. The van der Waals surface area contributed by atoms with E-state index in [2.05, 4.69) is 20.6 Å². The minimum absolute atomic E-state index is 0.133. The highest BCUT2D eigenvalue weighted by atomic mass is 16.5. The number of aryl methyl sites for hydroxylation is 2. The van der Waals surface area contributed by atoms with Gasteiger partial charge in [0.15, 0.2) is 5.82 Å². The maximum absolute atomic E-state index is 12.1. The highest BCUT2D eigenvalue weighted by molar-refractivity contribution is 5.91. The summed E-state index contributed by atoms with van der Waals surface area (Å²) in [5.41, 5.74) is 1.93. The summed E-state index contributed by atoms with van der Waals surface area (Å²) >= 11 is 0. The van der Waals surface area contributed by atoms with Crippen molar-refractivity contribution in [2.24, 2.45) is 0 Å². The van der Waals surface area contributed by atoms with E-state index < -0.39 is 5.97 Å². The molecule has 0 bridgehead atoms. The van der Waals surface area contributed by atoms with Gasteiger partial charge in [0.25, 0.3) is 0 Å². The zero-order valence-electron chi connectivity index (χ0n) is 15.0. The number of carbonyl (C=O) groups excluding carboxylic acids is 1. The van der Waals surface area contributed by atoms with Crippen molar-refractivity contribution in [1.29, 1.82) is 0 Å². The van der Waals surface area contributed by atoms with E-state index >= 15 is 0 Å². The van der Waals surface area contributed by atoms with Crippen LogP contribution in [0.25, 0.3) is 5.69 Å². The fourth-order valence-electron chi connectivity index (χ4n) is 2.66. The number of carboxylic acid groups (broad SMARTS) is 1. The van der Waals surface area contributed by atoms with Crippen LogP contribution in [0.3, 0.4) is 0 Å². The number of nitrogens with zero attached hydrogens (tertiary/aromatic N) is 4. The topological polar surface area (TPSA) is 123 Å². The SMILES string of the molecule is Cc1noc(CCCC(=O)Nc2cccc(-n3ncc(C(=O)O)c3C)c2)n1. The Kier molecular flexibility index (Phi) is 5.30. The Hall–Kier alpha value is -3.49. The molecule has 2 heterocycles. The molecule has 0 saturated heterocycles. The Morgan fingerprint density at radius 1 is 1.30 bits per heavy atom. The predicted molar refractivity (Wildman–Crippen MR) is 95.9 cm³/mol. The van der Waals surface area contributed by atoms with Gasteiger partial charge in [-0.25, -0.2) is 9.48 Å². The highest BCUT2D eigenvalue weighted by Crippen LogP contribution is 2.18. The van der Waals surface area contributed by atoms with Crippen LogP contribution in [0.4, 0.5) is 5.69 Å². The van der Waals surface area contributed by atoms with Gasteiger partial charge in [0.2, 0.25) is 11.8 Å². The van der Waals surface area contributed by atoms with Crippen molar-refractivity contribution in [2.45, 2.75) is 33.1 Å². The lowest BCUT2D eigenvalue weighted by atomic mass is 10.2. The molecule has 1 aromatic carbocycles. The molecule has 3 rings (SSSR count). The monoisotopic (exact) mass is 369 g/mol. The largest absolute Gasteiger partial charge is 0.478 e. The number of aromatic nitrogens is 4. The minimum Gasteiger partial charge on any atom is -0.478 e. The lowest BCUT2D eigenvalue weighted by Crippen LogP contribution is -2.12. The van der Waals surface area contributed by atoms with Gasteiger partial charge in [-0.15, -0.1) is 0 Å². The molecular formula is C18H19N5O4. The first-order valence-electron chi connectivity index (χ1n) is 8.41. The Labute approximate surface area is 155 Å². The number of carboxylic acids is 1. The summed E-state index contributed by atoms with van der Waals surface area (Å²) in [5, 5.41) is 19.8. The molecule has 0 aliphatic carbocycles. The van der Waals surface area contributed by atoms with Crippen molar-refractivity contribution in [1.82, 2.24) is 19.9 Å².